The first-order valence-electron chi connectivity index (χ1n) is 16.3. The maximum atomic E-state index is 2.47. The molecule has 0 aliphatic rings. The number of hydrogen-bond acceptors (Lipinski definition) is 2. The van der Waals surface area contributed by atoms with Gasteiger partial charge in [-0.3, -0.25) is 0 Å². The van der Waals surface area contributed by atoms with E-state index in [1.165, 1.54) is 80.4 Å². The van der Waals surface area contributed by atoms with E-state index in [1.807, 2.05) is 11.3 Å². The third-order valence-corrected chi connectivity index (χ3v) is 11.0. The average molecular weight is 608 g/mol. The van der Waals surface area contributed by atoms with Gasteiger partial charge in [0, 0.05) is 36.9 Å². The molecule has 0 saturated heterocycles. The number of benzene rings is 8. The van der Waals surface area contributed by atoms with Crippen LogP contribution in [-0.2, 0) is 12.8 Å². The summed E-state index contributed by atoms with van der Waals surface area (Å²) < 4.78 is 2.67. The van der Waals surface area contributed by atoms with E-state index in [9.17, 15) is 0 Å². The summed E-state index contributed by atoms with van der Waals surface area (Å²) >= 11 is 1.89. The van der Waals surface area contributed by atoms with Gasteiger partial charge in [-0.1, -0.05) is 117 Å². The van der Waals surface area contributed by atoms with E-state index >= 15 is 0 Å². The second-order valence-electron chi connectivity index (χ2n) is 12.2. The lowest BCUT2D eigenvalue weighted by atomic mass is 9.88. The van der Waals surface area contributed by atoms with Gasteiger partial charge >= 0.3 is 0 Å². The fourth-order valence-corrected chi connectivity index (χ4v) is 8.83. The quantitative estimate of drug-likeness (QED) is 0.170. The number of hydrogen-bond donors (Lipinski definition) is 0. The first-order valence-corrected chi connectivity index (χ1v) is 17.1. The Labute approximate surface area is 273 Å². The molecule has 46 heavy (non-hydrogen) atoms. The van der Waals surface area contributed by atoms with Gasteiger partial charge in [-0.25, -0.2) is 0 Å². The Bertz CT molecular complexity index is 2560. The van der Waals surface area contributed by atoms with Gasteiger partial charge in [0.1, 0.15) is 0 Å². The van der Waals surface area contributed by atoms with Crippen LogP contribution in [-0.4, -0.2) is 0 Å². The minimum Gasteiger partial charge on any atom is -0.310 e. The molecule has 1 aromatic heterocycles. The number of para-hydroxylation sites is 1. The molecular weight excluding hydrogens is 575 g/mol. The molecule has 0 aliphatic carbocycles. The SMILES string of the molecule is CCc1ccc2ccc3c(CC)cc(N(c4ccccc4)c4cccc(-c5cccc6c5sc5ccccc56)c4)c4ccc1c2c34. The van der Waals surface area contributed by atoms with Crippen LogP contribution >= 0.6 is 11.3 Å². The van der Waals surface area contributed by atoms with Gasteiger partial charge in [0.15, 0.2) is 0 Å². The fourth-order valence-electron chi connectivity index (χ4n) is 7.59. The lowest BCUT2D eigenvalue weighted by Crippen LogP contribution is -2.11. The largest absolute Gasteiger partial charge is 0.310 e. The van der Waals surface area contributed by atoms with Crippen LogP contribution < -0.4 is 4.90 Å². The number of anilines is 3. The molecule has 0 radical (unpaired) electrons. The maximum absolute atomic E-state index is 2.47. The van der Waals surface area contributed by atoms with Gasteiger partial charge < -0.3 is 4.90 Å². The van der Waals surface area contributed by atoms with Crippen LogP contribution in [0.2, 0.25) is 0 Å². The van der Waals surface area contributed by atoms with Crippen molar-refractivity contribution in [3.8, 4) is 11.1 Å². The van der Waals surface area contributed by atoms with E-state index in [2.05, 4.69) is 158 Å². The molecule has 220 valence electrons. The van der Waals surface area contributed by atoms with E-state index in [0.29, 0.717) is 0 Å². The van der Waals surface area contributed by atoms with E-state index < -0.39 is 0 Å². The summed E-state index contributed by atoms with van der Waals surface area (Å²) in [5, 5.41) is 10.8. The Morgan fingerprint density at radius 3 is 2.07 bits per heavy atom. The first kappa shape index (κ1) is 27.2. The summed E-state index contributed by atoms with van der Waals surface area (Å²) in [6.07, 6.45) is 2.00. The smallest absolute Gasteiger partial charge is 0.0543 e. The normalized spacial score (nSPS) is 11.9. The summed E-state index contributed by atoms with van der Waals surface area (Å²) in [5.74, 6) is 0. The van der Waals surface area contributed by atoms with Crippen LogP contribution in [0, 0.1) is 0 Å². The monoisotopic (exact) mass is 607 g/mol. The fraction of sp³-hybridized carbons (Fsp3) is 0.0909. The van der Waals surface area contributed by atoms with Crippen molar-refractivity contribution >= 4 is 80.9 Å². The van der Waals surface area contributed by atoms with Crippen molar-refractivity contribution in [1.29, 1.82) is 0 Å². The summed E-state index contributed by atoms with van der Waals surface area (Å²) in [4.78, 5) is 2.47. The van der Waals surface area contributed by atoms with Crippen molar-refractivity contribution < 1.29 is 0 Å². The van der Waals surface area contributed by atoms with Gasteiger partial charge in [-0.15, -0.1) is 11.3 Å². The third kappa shape index (κ3) is 4.07. The zero-order valence-electron chi connectivity index (χ0n) is 26.0. The number of thiophene rings is 1. The molecule has 0 unspecified atom stereocenters. The molecule has 9 aromatic rings. The molecule has 2 heteroatoms. The number of rotatable bonds is 6. The lowest BCUT2D eigenvalue weighted by Gasteiger charge is -2.29. The lowest BCUT2D eigenvalue weighted by molar-refractivity contribution is 1.15. The minimum atomic E-state index is 0.971. The molecule has 0 aliphatic heterocycles. The Morgan fingerprint density at radius 1 is 0.500 bits per heavy atom. The average Bonchev–Trinajstić information content (AvgIpc) is 3.50. The van der Waals surface area contributed by atoms with E-state index in [4.69, 9.17) is 0 Å². The van der Waals surface area contributed by atoms with Crippen LogP contribution in [0.25, 0.3) is 63.6 Å². The molecule has 0 bridgehead atoms. The molecule has 0 spiro atoms. The maximum Gasteiger partial charge on any atom is 0.0543 e. The first-order chi connectivity index (χ1) is 22.7. The standard InChI is InChI=1S/C44H33NS/c1-3-28-20-21-30-22-23-35-29(4-2)27-40(39-25-24-34(28)42(30)43(35)39)45(32-13-6-5-7-14-32)33-15-10-12-31(26-33)36-17-11-18-38-37-16-8-9-19-41(37)46-44(36)38/h5-27H,3-4H2,1-2H3. The van der Waals surface area contributed by atoms with Crippen LogP contribution in [0.15, 0.2) is 140 Å². The Kier molecular flexibility index (Phi) is 6.33. The van der Waals surface area contributed by atoms with Crippen LogP contribution in [0.4, 0.5) is 17.1 Å². The molecule has 0 N–H and O–H groups in total. The Balaban J connectivity index is 1.32. The zero-order valence-corrected chi connectivity index (χ0v) is 26.9. The van der Waals surface area contributed by atoms with E-state index in [-0.39, 0.29) is 0 Å². The van der Waals surface area contributed by atoms with Crippen LogP contribution in [0.5, 0.6) is 0 Å². The number of aryl methyl sites for hydroxylation is 2. The molecule has 8 aromatic carbocycles. The summed E-state index contributed by atoms with van der Waals surface area (Å²) in [6, 6.07) is 52.0. The topological polar surface area (TPSA) is 3.24 Å². The highest BCUT2D eigenvalue weighted by Crippen LogP contribution is 2.47. The van der Waals surface area contributed by atoms with Gasteiger partial charge in [0.05, 0.1) is 5.69 Å². The van der Waals surface area contributed by atoms with Crippen molar-refractivity contribution in [2.45, 2.75) is 26.7 Å². The summed E-state index contributed by atoms with van der Waals surface area (Å²) in [7, 11) is 0. The van der Waals surface area contributed by atoms with Crippen molar-refractivity contribution in [2.24, 2.45) is 0 Å². The molecule has 0 amide bonds. The van der Waals surface area contributed by atoms with Crippen molar-refractivity contribution in [3.05, 3.63) is 151 Å². The van der Waals surface area contributed by atoms with Gasteiger partial charge in [-0.2, -0.15) is 0 Å². The van der Waals surface area contributed by atoms with Crippen molar-refractivity contribution in [2.75, 3.05) is 4.90 Å². The van der Waals surface area contributed by atoms with Gasteiger partial charge in [-0.05, 0) is 98.4 Å². The molecule has 0 saturated carbocycles. The zero-order chi connectivity index (χ0) is 30.8. The number of nitrogens with zero attached hydrogens (tertiary/aromatic N) is 1. The van der Waals surface area contributed by atoms with E-state index in [1.54, 1.807) is 0 Å². The second-order valence-corrected chi connectivity index (χ2v) is 13.3. The van der Waals surface area contributed by atoms with Crippen molar-refractivity contribution in [3.63, 3.8) is 0 Å². The molecular formula is C44H33NS. The summed E-state index contributed by atoms with van der Waals surface area (Å²) in [5.41, 5.74) is 8.85. The Morgan fingerprint density at radius 2 is 1.20 bits per heavy atom. The molecule has 0 fully saturated rings. The highest BCUT2D eigenvalue weighted by Gasteiger charge is 2.21. The predicted octanol–water partition coefficient (Wildman–Crippen LogP) is 13.2. The third-order valence-electron chi connectivity index (χ3n) is 9.77. The second kappa shape index (κ2) is 10.7. The highest BCUT2D eigenvalue weighted by atomic mass is 32.1. The molecule has 1 nitrogen and oxygen atoms in total. The molecule has 0 atom stereocenters. The van der Waals surface area contributed by atoms with E-state index in [0.717, 1.165) is 24.2 Å². The van der Waals surface area contributed by atoms with Crippen LogP contribution in [0.3, 0.4) is 0 Å². The van der Waals surface area contributed by atoms with Gasteiger partial charge in [0.25, 0.3) is 0 Å². The van der Waals surface area contributed by atoms with Crippen molar-refractivity contribution in [1.82, 2.24) is 0 Å². The predicted molar refractivity (Wildman–Crippen MR) is 202 cm³/mol. The highest BCUT2D eigenvalue weighted by molar-refractivity contribution is 7.26. The number of fused-ring (bicyclic) bond motifs is 3. The van der Waals surface area contributed by atoms with Crippen LogP contribution in [0.1, 0.15) is 25.0 Å². The Hall–Kier alpha value is -5.18. The molecule has 9 rings (SSSR count). The summed E-state index contributed by atoms with van der Waals surface area (Å²) in [6.45, 7) is 4.55. The molecule has 1 heterocycles. The van der Waals surface area contributed by atoms with Gasteiger partial charge in [0.2, 0.25) is 0 Å². The minimum absolute atomic E-state index is 0.971.